The van der Waals surface area contributed by atoms with E-state index in [4.69, 9.17) is 25.8 Å². The molecular formula is C16H13BrClNO4. The number of hydrogen-bond acceptors (Lipinski definition) is 4. The van der Waals surface area contributed by atoms with Gasteiger partial charge in [0.05, 0.1) is 15.2 Å². The molecule has 2 aromatic rings. The van der Waals surface area contributed by atoms with Gasteiger partial charge in [0.1, 0.15) is 19.0 Å². The van der Waals surface area contributed by atoms with Crippen LogP contribution in [0.3, 0.4) is 0 Å². The molecule has 1 N–H and O–H groups in total. The minimum atomic E-state index is -0.320. The number of fused-ring (bicyclic) bond motifs is 1. The fraction of sp³-hybridized carbons (Fsp3) is 0.188. The second-order valence-corrected chi connectivity index (χ2v) is 6.00. The standard InChI is InChI=1S/C16H13BrClNO4/c17-10-3-1-2-4-13(10)23-9-16(20)19-12-8-15-14(7-11(12)18)21-5-6-22-15/h1-4,7-8H,5-6,9H2,(H,19,20). The zero-order valence-corrected chi connectivity index (χ0v) is 14.3. The van der Waals surface area contributed by atoms with Gasteiger partial charge in [0.2, 0.25) is 0 Å². The molecule has 7 heteroatoms. The van der Waals surface area contributed by atoms with E-state index in [-0.39, 0.29) is 12.5 Å². The Morgan fingerprint density at radius 3 is 2.65 bits per heavy atom. The molecule has 0 aromatic heterocycles. The average molecular weight is 399 g/mol. The van der Waals surface area contributed by atoms with Crippen molar-refractivity contribution in [3.05, 3.63) is 45.9 Å². The van der Waals surface area contributed by atoms with Crippen LogP contribution < -0.4 is 19.5 Å². The third-order valence-electron chi connectivity index (χ3n) is 3.10. The summed E-state index contributed by atoms with van der Waals surface area (Å²) in [6, 6.07) is 10.6. The molecule has 1 aliphatic heterocycles. The maximum atomic E-state index is 12.0. The summed E-state index contributed by atoms with van der Waals surface area (Å²) in [5, 5.41) is 3.08. The number of halogens is 2. The van der Waals surface area contributed by atoms with Crippen LogP contribution in [0.4, 0.5) is 5.69 Å². The molecule has 1 heterocycles. The topological polar surface area (TPSA) is 56.8 Å². The van der Waals surface area contributed by atoms with E-state index in [2.05, 4.69) is 21.2 Å². The van der Waals surface area contributed by atoms with E-state index in [1.165, 1.54) is 0 Å². The SMILES string of the molecule is O=C(COc1ccccc1Br)Nc1cc2c(cc1Cl)OCCO2. The molecule has 2 aromatic carbocycles. The van der Waals surface area contributed by atoms with E-state index >= 15 is 0 Å². The zero-order valence-electron chi connectivity index (χ0n) is 12.0. The maximum Gasteiger partial charge on any atom is 0.262 e. The van der Waals surface area contributed by atoms with Gasteiger partial charge in [0.25, 0.3) is 5.91 Å². The molecule has 0 fully saturated rings. The number of nitrogens with one attached hydrogen (secondary N) is 1. The Hall–Kier alpha value is -1.92. The van der Waals surface area contributed by atoms with Crippen molar-refractivity contribution >= 4 is 39.1 Å². The molecular weight excluding hydrogens is 386 g/mol. The number of carbonyl (C=O) groups is 1. The van der Waals surface area contributed by atoms with Gasteiger partial charge < -0.3 is 19.5 Å². The van der Waals surface area contributed by atoms with Crippen LogP contribution in [0.15, 0.2) is 40.9 Å². The first-order valence-electron chi connectivity index (χ1n) is 6.90. The summed E-state index contributed by atoms with van der Waals surface area (Å²) < 4.78 is 17.2. The van der Waals surface area contributed by atoms with E-state index in [0.717, 1.165) is 4.47 Å². The minimum Gasteiger partial charge on any atom is -0.486 e. The quantitative estimate of drug-likeness (QED) is 0.849. The van der Waals surface area contributed by atoms with Gasteiger partial charge in [-0.1, -0.05) is 23.7 Å². The van der Waals surface area contributed by atoms with Crippen molar-refractivity contribution in [2.45, 2.75) is 0 Å². The molecule has 0 saturated carbocycles. The molecule has 0 spiro atoms. The van der Waals surface area contributed by atoms with Crippen LogP contribution in [0.5, 0.6) is 17.2 Å². The van der Waals surface area contributed by atoms with Crippen molar-refractivity contribution in [1.29, 1.82) is 0 Å². The van der Waals surface area contributed by atoms with Crippen LogP contribution in [0.25, 0.3) is 0 Å². The minimum absolute atomic E-state index is 0.132. The van der Waals surface area contributed by atoms with Gasteiger partial charge in [-0.05, 0) is 28.1 Å². The van der Waals surface area contributed by atoms with Gasteiger partial charge in [-0.2, -0.15) is 0 Å². The Morgan fingerprint density at radius 2 is 1.91 bits per heavy atom. The summed E-state index contributed by atoms with van der Waals surface area (Å²) in [6.07, 6.45) is 0. The first-order chi connectivity index (χ1) is 11.1. The number of benzene rings is 2. The van der Waals surface area contributed by atoms with Gasteiger partial charge in [0.15, 0.2) is 18.1 Å². The number of carbonyl (C=O) groups excluding carboxylic acids is 1. The molecule has 120 valence electrons. The predicted octanol–water partition coefficient (Wildman–Crippen LogP) is 3.89. The van der Waals surface area contributed by atoms with Crippen LogP contribution in [0.1, 0.15) is 0 Å². The van der Waals surface area contributed by atoms with Crippen molar-refractivity contribution in [2.75, 3.05) is 25.1 Å². The van der Waals surface area contributed by atoms with Crippen LogP contribution in [-0.2, 0) is 4.79 Å². The Morgan fingerprint density at radius 1 is 1.22 bits per heavy atom. The Kier molecular flexibility index (Phi) is 4.93. The first-order valence-corrected chi connectivity index (χ1v) is 8.07. The van der Waals surface area contributed by atoms with Gasteiger partial charge in [-0.15, -0.1) is 0 Å². The second-order valence-electron chi connectivity index (χ2n) is 4.74. The second kappa shape index (κ2) is 7.10. The summed E-state index contributed by atoms with van der Waals surface area (Å²) in [5.41, 5.74) is 0.455. The van der Waals surface area contributed by atoms with E-state index in [0.29, 0.717) is 41.2 Å². The summed E-state index contributed by atoms with van der Waals surface area (Å²) in [6.45, 7) is 0.815. The van der Waals surface area contributed by atoms with Crippen LogP contribution in [-0.4, -0.2) is 25.7 Å². The molecule has 5 nitrogen and oxygen atoms in total. The molecule has 0 aliphatic carbocycles. The monoisotopic (exact) mass is 397 g/mol. The van der Waals surface area contributed by atoms with Crippen LogP contribution in [0.2, 0.25) is 5.02 Å². The molecule has 0 unspecified atom stereocenters. The Balaban J connectivity index is 1.65. The van der Waals surface area contributed by atoms with Gasteiger partial charge in [-0.25, -0.2) is 0 Å². The van der Waals surface area contributed by atoms with E-state index < -0.39 is 0 Å². The zero-order chi connectivity index (χ0) is 16.2. The highest BCUT2D eigenvalue weighted by molar-refractivity contribution is 9.10. The highest BCUT2D eigenvalue weighted by Crippen LogP contribution is 2.37. The van der Waals surface area contributed by atoms with Gasteiger partial charge >= 0.3 is 0 Å². The van der Waals surface area contributed by atoms with E-state index in [1.807, 2.05) is 18.2 Å². The lowest BCUT2D eigenvalue weighted by Gasteiger charge is -2.20. The number of rotatable bonds is 4. The summed E-state index contributed by atoms with van der Waals surface area (Å²) in [4.78, 5) is 12.0. The number of ether oxygens (including phenoxy) is 3. The summed E-state index contributed by atoms with van der Waals surface area (Å²) in [5.74, 6) is 1.40. The number of anilines is 1. The molecule has 1 aliphatic rings. The largest absolute Gasteiger partial charge is 0.486 e. The lowest BCUT2D eigenvalue weighted by molar-refractivity contribution is -0.118. The van der Waals surface area contributed by atoms with Crippen molar-refractivity contribution in [3.63, 3.8) is 0 Å². The molecule has 0 bridgehead atoms. The summed E-state index contributed by atoms with van der Waals surface area (Å²) in [7, 11) is 0. The van der Waals surface area contributed by atoms with E-state index in [9.17, 15) is 4.79 Å². The van der Waals surface area contributed by atoms with Crippen molar-refractivity contribution in [3.8, 4) is 17.2 Å². The molecule has 23 heavy (non-hydrogen) atoms. The lowest BCUT2D eigenvalue weighted by atomic mass is 10.2. The average Bonchev–Trinajstić information content (AvgIpc) is 2.55. The first kappa shape index (κ1) is 16.0. The number of amides is 1. The fourth-order valence-electron chi connectivity index (χ4n) is 2.05. The lowest BCUT2D eigenvalue weighted by Crippen LogP contribution is -2.21. The molecule has 1 amide bonds. The van der Waals surface area contributed by atoms with Crippen molar-refractivity contribution in [1.82, 2.24) is 0 Å². The Bertz CT molecular complexity index is 738. The van der Waals surface area contributed by atoms with Gasteiger partial charge in [-0.3, -0.25) is 4.79 Å². The van der Waals surface area contributed by atoms with Crippen LogP contribution >= 0.6 is 27.5 Å². The van der Waals surface area contributed by atoms with Crippen molar-refractivity contribution < 1.29 is 19.0 Å². The highest BCUT2D eigenvalue weighted by atomic mass is 79.9. The molecule has 3 rings (SSSR count). The Labute approximate surface area is 146 Å². The van der Waals surface area contributed by atoms with Crippen LogP contribution in [0, 0.1) is 0 Å². The molecule has 0 radical (unpaired) electrons. The van der Waals surface area contributed by atoms with Crippen molar-refractivity contribution in [2.24, 2.45) is 0 Å². The number of para-hydroxylation sites is 1. The molecule has 0 atom stereocenters. The third-order valence-corrected chi connectivity index (χ3v) is 4.07. The number of hydrogen-bond donors (Lipinski definition) is 1. The maximum absolute atomic E-state index is 12.0. The fourth-order valence-corrected chi connectivity index (χ4v) is 2.65. The smallest absolute Gasteiger partial charge is 0.262 e. The molecule has 0 saturated heterocycles. The predicted molar refractivity (Wildman–Crippen MR) is 90.7 cm³/mol. The normalized spacial score (nSPS) is 12.6. The van der Waals surface area contributed by atoms with Gasteiger partial charge in [0, 0.05) is 12.1 Å². The highest BCUT2D eigenvalue weighted by Gasteiger charge is 2.16. The summed E-state index contributed by atoms with van der Waals surface area (Å²) >= 11 is 9.51. The van der Waals surface area contributed by atoms with E-state index in [1.54, 1.807) is 18.2 Å². The third kappa shape index (κ3) is 3.89.